The van der Waals surface area contributed by atoms with Crippen molar-refractivity contribution in [3.05, 3.63) is 39.8 Å². The van der Waals surface area contributed by atoms with Gasteiger partial charge in [0.2, 0.25) is 0 Å². The van der Waals surface area contributed by atoms with Crippen LogP contribution in [0, 0.1) is 12.8 Å². The van der Waals surface area contributed by atoms with E-state index in [1.807, 2.05) is 17.9 Å². The molecule has 2 aromatic heterocycles. The maximum absolute atomic E-state index is 12.7. The lowest BCUT2D eigenvalue weighted by Gasteiger charge is -2.33. The Labute approximate surface area is 145 Å². The molecule has 0 spiro atoms. The van der Waals surface area contributed by atoms with E-state index in [4.69, 9.17) is 4.74 Å². The van der Waals surface area contributed by atoms with Crippen molar-refractivity contribution in [1.29, 1.82) is 0 Å². The molecule has 1 fully saturated rings. The quantitative estimate of drug-likeness (QED) is 0.619. The van der Waals surface area contributed by atoms with Gasteiger partial charge in [-0.05, 0) is 38.3 Å². The Kier molecular flexibility index (Phi) is 4.83. The summed E-state index contributed by atoms with van der Waals surface area (Å²) in [6.07, 6.45) is 3.66. The largest absolute Gasteiger partial charge is 0.466 e. The van der Waals surface area contributed by atoms with Crippen molar-refractivity contribution >= 4 is 23.7 Å². The van der Waals surface area contributed by atoms with E-state index >= 15 is 0 Å². The molecule has 0 unspecified atom stereocenters. The summed E-state index contributed by atoms with van der Waals surface area (Å²) in [4.78, 5) is 42.7. The number of anilines is 1. The standard InChI is InChI=1S/C18H21N3O4/c1-3-25-18(24)13-7-5-8-20(10-13)16-14(11-22)17(23)21-9-4-6-12(2)15(21)19-16/h4,6,9,11,13H,3,5,7-8,10H2,1-2H3/t13-/m1/s1. The van der Waals surface area contributed by atoms with Crippen molar-refractivity contribution in [3.8, 4) is 0 Å². The molecule has 132 valence electrons. The van der Waals surface area contributed by atoms with E-state index in [0.717, 1.165) is 18.4 Å². The van der Waals surface area contributed by atoms with Gasteiger partial charge in [-0.15, -0.1) is 0 Å². The summed E-state index contributed by atoms with van der Waals surface area (Å²) in [7, 11) is 0. The molecule has 1 saturated heterocycles. The lowest BCUT2D eigenvalue weighted by atomic mass is 9.98. The zero-order valence-corrected chi connectivity index (χ0v) is 14.4. The summed E-state index contributed by atoms with van der Waals surface area (Å²) in [5, 5.41) is 0. The highest BCUT2D eigenvalue weighted by molar-refractivity contribution is 5.84. The van der Waals surface area contributed by atoms with Crippen LogP contribution in [0.1, 0.15) is 35.7 Å². The molecule has 3 rings (SSSR count). The van der Waals surface area contributed by atoms with Crippen molar-refractivity contribution in [2.75, 3.05) is 24.6 Å². The molecule has 3 heterocycles. The first-order chi connectivity index (χ1) is 12.1. The predicted molar refractivity (Wildman–Crippen MR) is 93.2 cm³/mol. The highest BCUT2D eigenvalue weighted by Crippen LogP contribution is 2.24. The number of fused-ring (bicyclic) bond motifs is 1. The summed E-state index contributed by atoms with van der Waals surface area (Å²) in [5.74, 6) is -0.165. The third-order valence-corrected chi connectivity index (χ3v) is 4.52. The number of rotatable bonds is 4. The lowest BCUT2D eigenvalue weighted by molar-refractivity contribution is -0.148. The molecular weight excluding hydrogens is 322 g/mol. The van der Waals surface area contributed by atoms with Crippen LogP contribution in [-0.2, 0) is 9.53 Å². The molecule has 1 atom stereocenters. The number of piperidine rings is 1. The molecule has 25 heavy (non-hydrogen) atoms. The van der Waals surface area contributed by atoms with Crippen LogP contribution in [0.4, 0.5) is 5.82 Å². The Morgan fingerprint density at radius 1 is 1.48 bits per heavy atom. The van der Waals surface area contributed by atoms with Crippen molar-refractivity contribution in [1.82, 2.24) is 9.38 Å². The molecule has 2 aromatic rings. The lowest BCUT2D eigenvalue weighted by Crippen LogP contribution is -2.41. The van der Waals surface area contributed by atoms with Crippen LogP contribution in [0.25, 0.3) is 5.65 Å². The molecule has 7 nitrogen and oxygen atoms in total. The molecule has 0 radical (unpaired) electrons. The summed E-state index contributed by atoms with van der Waals surface area (Å²) in [5.41, 5.74) is 0.994. The first-order valence-electron chi connectivity index (χ1n) is 8.45. The highest BCUT2D eigenvalue weighted by Gasteiger charge is 2.29. The number of nitrogens with zero attached hydrogens (tertiary/aromatic N) is 3. The molecule has 0 saturated carbocycles. The zero-order valence-electron chi connectivity index (χ0n) is 14.4. The van der Waals surface area contributed by atoms with Gasteiger partial charge in [0, 0.05) is 19.3 Å². The number of hydrogen-bond acceptors (Lipinski definition) is 6. The third-order valence-electron chi connectivity index (χ3n) is 4.52. The predicted octanol–water partition coefficient (Wildman–Crippen LogP) is 1.59. The molecule has 0 aromatic carbocycles. The summed E-state index contributed by atoms with van der Waals surface area (Å²) in [6.45, 7) is 5.02. The third kappa shape index (κ3) is 3.14. The van der Waals surface area contributed by atoms with Gasteiger partial charge in [-0.1, -0.05) is 6.07 Å². The van der Waals surface area contributed by atoms with E-state index in [1.54, 1.807) is 19.2 Å². The van der Waals surface area contributed by atoms with Gasteiger partial charge >= 0.3 is 5.97 Å². The van der Waals surface area contributed by atoms with Gasteiger partial charge in [-0.3, -0.25) is 18.8 Å². The molecule has 0 aliphatic carbocycles. The minimum atomic E-state index is -0.392. The molecule has 7 heteroatoms. The zero-order chi connectivity index (χ0) is 18.0. The van der Waals surface area contributed by atoms with Gasteiger partial charge in [0.15, 0.2) is 6.29 Å². The fraction of sp³-hybridized carbons (Fsp3) is 0.444. The van der Waals surface area contributed by atoms with Gasteiger partial charge in [0.25, 0.3) is 5.56 Å². The number of carbonyl (C=O) groups is 2. The van der Waals surface area contributed by atoms with Crippen molar-refractivity contribution in [2.24, 2.45) is 5.92 Å². The van der Waals surface area contributed by atoms with Crippen LogP contribution in [0.3, 0.4) is 0 Å². The Hall–Kier alpha value is -2.70. The minimum absolute atomic E-state index is 0.0209. The van der Waals surface area contributed by atoms with Crippen LogP contribution < -0.4 is 10.5 Å². The summed E-state index contributed by atoms with van der Waals surface area (Å²) < 4.78 is 6.50. The van der Waals surface area contributed by atoms with Gasteiger partial charge in [0.1, 0.15) is 17.0 Å². The Morgan fingerprint density at radius 2 is 2.28 bits per heavy atom. The van der Waals surface area contributed by atoms with Gasteiger partial charge in [-0.25, -0.2) is 4.98 Å². The number of ether oxygens (including phenoxy) is 1. The number of carbonyl (C=O) groups excluding carboxylic acids is 2. The average Bonchev–Trinajstić information content (AvgIpc) is 2.62. The molecular formula is C18H21N3O4. The second kappa shape index (κ2) is 7.04. The number of hydrogen-bond donors (Lipinski definition) is 0. The highest BCUT2D eigenvalue weighted by atomic mass is 16.5. The van der Waals surface area contributed by atoms with Crippen LogP contribution in [0.2, 0.25) is 0 Å². The maximum Gasteiger partial charge on any atom is 0.310 e. The van der Waals surface area contributed by atoms with E-state index in [0.29, 0.717) is 37.4 Å². The fourth-order valence-electron chi connectivity index (χ4n) is 3.27. The summed E-state index contributed by atoms with van der Waals surface area (Å²) >= 11 is 0. The second-order valence-electron chi connectivity index (χ2n) is 6.19. The Bertz CT molecular complexity index is 874. The van der Waals surface area contributed by atoms with Gasteiger partial charge in [0.05, 0.1) is 12.5 Å². The van der Waals surface area contributed by atoms with E-state index in [1.165, 1.54) is 4.40 Å². The number of pyridine rings is 1. The van der Waals surface area contributed by atoms with Crippen molar-refractivity contribution in [3.63, 3.8) is 0 Å². The minimum Gasteiger partial charge on any atom is -0.466 e. The van der Waals surface area contributed by atoms with Gasteiger partial charge < -0.3 is 9.64 Å². The van der Waals surface area contributed by atoms with Crippen molar-refractivity contribution < 1.29 is 14.3 Å². The van der Waals surface area contributed by atoms with Crippen LogP contribution >= 0.6 is 0 Å². The Morgan fingerprint density at radius 3 is 3.00 bits per heavy atom. The molecule has 0 N–H and O–H groups in total. The fourth-order valence-corrected chi connectivity index (χ4v) is 3.27. The van der Waals surface area contributed by atoms with E-state index in [2.05, 4.69) is 4.98 Å². The monoisotopic (exact) mass is 343 g/mol. The number of esters is 1. The number of aryl methyl sites for hydroxylation is 1. The topological polar surface area (TPSA) is 81.0 Å². The van der Waals surface area contributed by atoms with E-state index in [9.17, 15) is 14.4 Å². The van der Waals surface area contributed by atoms with Crippen LogP contribution in [-0.4, -0.2) is 41.3 Å². The smallest absolute Gasteiger partial charge is 0.310 e. The molecule has 0 amide bonds. The average molecular weight is 343 g/mol. The maximum atomic E-state index is 12.7. The van der Waals surface area contributed by atoms with E-state index in [-0.39, 0.29) is 17.5 Å². The molecule has 1 aliphatic heterocycles. The second-order valence-corrected chi connectivity index (χ2v) is 6.19. The molecule has 1 aliphatic rings. The number of aromatic nitrogens is 2. The normalized spacial score (nSPS) is 17.5. The van der Waals surface area contributed by atoms with Crippen molar-refractivity contribution in [2.45, 2.75) is 26.7 Å². The first kappa shape index (κ1) is 17.1. The van der Waals surface area contributed by atoms with Crippen LogP contribution in [0.5, 0.6) is 0 Å². The first-order valence-corrected chi connectivity index (χ1v) is 8.45. The van der Waals surface area contributed by atoms with Crippen LogP contribution in [0.15, 0.2) is 23.1 Å². The van der Waals surface area contributed by atoms with E-state index < -0.39 is 5.56 Å². The molecule has 0 bridgehead atoms. The SMILES string of the molecule is CCOC(=O)[C@@H]1CCCN(c2nc3c(C)cccn3c(=O)c2C=O)C1. The van der Waals surface area contributed by atoms with Gasteiger partial charge in [-0.2, -0.15) is 0 Å². The number of aldehydes is 1. The summed E-state index contributed by atoms with van der Waals surface area (Å²) in [6, 6.07) is 3.61. The Balaban J connectivity index is 2.05.